The molecular weight excluding hydrogens is 303 g/mol. The van der Waals surface area contributed by atoms with Crippen LogP contribution in [-0.2, 0) is 4.74 Å². The Morgan fingerprint density at radius 1 is 1.48 bits per heavy atom. The van der Waals surface area contributed by atoms with Crippen LogP contribution in [-0.4, -0.2) is 71.0 Å². The maximum absolute atomic E-state index is 12.8. The first kappa shape index (κ1) is 20.1. The van der Waals surface area contributed by atoms with Gasteiger partial charge in [-0.05, 0) is 26.8 Å². The minimum Gasteiger partial charge on any atom is -0.401 e. The van der Waals surface area contributed by atoms with Gasteiger partial charge in [-0.25, -0.2) is 10.2 Å². The Morgan fingerprint density at radius 3 is 2.70 bits per heavy atom. The summed E-state index contributed by atoms with van der Waals surface area (Å²) in [7, 11) is 1.86. The quantitative estimate of drug-likeness (QED) is 0.362. The minimum absolute atomic E-state index is 0.122. The van der Waals surface area contributed by atoms with Gasteiger partial charge in [0.2, 0.25) is 0 Å². The molecule has 0 radical (unpaired) electrons. The van der Waals surface area contributed by atoms with Gasteiger partial charge in [0.15, 0.2) is 6.29 Å². The highest BCUT2D eigenvalue weighted by molar-refractivity contribution is 4.97. The van der Waals surface area contributed by atoms with E-state index in [-0.39, 0.29) is 18.2 Å². The van der Waals surface area contributed by atoms with Crippen molar-refractivity contribution in [3.63, 3.8) is 0 Å². The summed E-state index contributed by atoms with van der Waals surface area (Å²) in [6.45, 7) is 3.78. The second-order valence-corrected chi connectivity index (χ2v) is 6.23. The number of aliphatic hydroxyl groups is 2. The molecule has 1 heterocycles. The fourth-order valence-electron chi connectivity index (χ4n) is 2.72. The highest BCUT2D eigenvalue weighted by Gasteiger charge is 2.36. The van der Waals surface area contributed by atoms with Crippen molar-refractivity contribution in [2.75, 3.05) is 20.3 Å². The van der Waals surface area contributed by atoms with Crippen LogP contribution in [0.5, 0.6) is 0 Å². The number of alkyl halides is 1. The lowest BCUT2D eigenvalue weighted by molar-refractivity contribution is -0.231. The number of likely N-dealkylation sites (N-methyl/N-ethyl adjacent to an activating group) is 1. The van der Waals surface area contributed by atoms with Crippen molar-refractivity contribution >= 4 is 0 Å². The van der Waals surface area contributed by atoms with Gasteiger partial charge in [0.1, 0.15) is 12.8 Å². The molecule has 0 aromatic carbocycles. The van der Waals surface area contributed by atoms with Crippen molar-refractivity contribution in [2.24, 2.45) is 11.6 Å². The van der Waals surface area contributed by atoms with E-state index < -0.39 is 19.1 Å². The summed E-state index contributed by atoms with van der Waals surface area (Å²) in [5, 5.41) is 21.0. The maximum atomic E-state index is 12.8. The molecule has 8 heteroatoms. The Labute approximate surface area is 137 Å². The summed E-state index contributed by atoms with van der Waals surface area (Å²) in [6, 6.07) is -0.579. The second kappa shape index (κ2) is 9.39. The number of ether oxygens (including phenoxy) is 1. The SMILES string of the molecule is CCC(CF)N(N)/C=C(\N)CCN(C)C1CC(C)OC(O)C1O. The van der Waals surface area contributed by atoms with Gasteiger partial charge < -0.3 is 30.6 Å². The van der Waals surface area contributed by atoms with Crippen LogP contribution in [0.25, 0.3) is 0 Å². The lowest BCUT2D eigenvalue weighted by Gasteiger charge is -2.40. The van der Waals surface area contributed by atoms with E-state index in [1.165, 1.54) is 5.01 Å². The zero-order valence-corrected chi connectivity index (χ0v) is 14.2. The van der Waals surface area contributed by atoms with Gasteiger partial charge in [-0.3, -0.25) is 0 Å². The average Bonchev–Trinajstić information content (AvgIpc) is 2.49. The molecule has 1 rings (SSSR count). The van der Waals surface area contributed by atoms with Gasteiger partial charge in [-0.2, -0.15) is 0 Å². The van der Waals surface area contributed by atoms with Crippen molar-refractivity contribution in [1.82, 2.24) is 9.91 Å². The van der Waals surface area contributed by atoms with Gasteiger partial charge in [0, 0.05) is 30.9 Å². The molecule has 1 aliphatic rings. The van der Waals surface area contributed by atoms with E-state index in [2.05, 4.69) is 0 Å². The molecule has 0 aliphatic carbocycles. The monoisotopic (exact) mass is 334 g/mol. The van der Waals surface area contributed by atoms with Crippen molar-refractivity contribution in [3.8, 4) is 0 Å². The third kappa shape index (κ3) is 5.89. The third-order valence-electron chi connectivity index (χ3n) is 4.34. The summed E-state index contributed by atoms with van der Waals surface area (Å²) in [6.07, 6.45) is 1.06. The summed E-state index contributed by atoms with van der Waals surface area (Å²) in [4.78, 5) is 1.95. The van der Waals surface area contributed by atoms with Crippen LogP contribution in [0.15, 0.2) is 11.9 Å². The number of hydrogen-bond donors (Lipinski definition) is 4. The van der Waals surface area contributed by atoms with Crippen molar-refractivity contribution < 1.29 is 19.3 Å². The van der Waals surface area contributed by atoms with Crippen LogP contribution in [0.2, 0.25) is 0 Å². The van der Waals surface area contributed by atoms with Crippen molar-refractivity contribution in [1.29, 1.82) is 0 Å². The summed E-state index contributed by atoms with van der Waals surface area (Å²) in [5.74, 6) is 5.78. The first-order valence-electron chi connectivity index (χ1n) is 8.07. The normalized spacial score (nSPS) is 30.5. The molecule has 0 saturated carbocycles. The molecule has 6 N–H and O–H groups in total. The average molecular weight is 334 g/mol. The Bertz CT molecular complexity index is 382. The first-order valence-corrected chi connectivity index (χ1v) is 8.07. The van der Waals surface area contributed by atoms with Gasteiger partial charge in [0.25, 0.3) is 0 Å². The number of nitrogens with zero attached hydrogens (tertiary/aromatic N) is 2. The number of rotatable bonds is 8. The van der Waals surface area contributed by atoms with Crippen LogP contribution in [0.1, 0.15) is 33.1 Å². The smallest absolute Gasteiger partial charge is 0.182 e. The molecular formula is C15H31FN4O3. The van der Waals surface area contributed by atoms with E-state index in [1.807, 2.05) is 25.8 Å². The molecule has 23 heavy (non-hydrogen) atoms. The lowest BCUT2D eigenvalue weighted by Crippen LogP contribution is -2.54. The van der Waals surface area contributed by atoms with Crippen LogP contribution in [0.4, 0.5) is 4.39 Å². The van der Waals surface area contributed by atoms with Crippen LogP contribution in [0, 0.1) is 0 Å². The fraction of sp³-hybridized carbons (Fsp3) is 0.867. The fourth-order valence-corrected chi connectivity index (χ4v) is 2.72. The standard InChI is InChI=1S/C15H31FN4O3/c1-4-12(8-16)20(18)9-11(17)5-6-19(3)13-7-10(2)23-15(22)14(13)21/h9-10,12-15,21-22H,4-8,17-18H2,1-3H3/b11-9-. The van der Waals surface area contributed by atoms with E-state index in [0.717, 1.165) is 0 Å². The molecule has 0 bridgehead atoms. The van der Waals surface area contributed by atoms with Crippen LogP contribution in [0.3, 0.4) is 0 Å². The summed E-state index contributed by atoms with van der Waals surface area (Å²) < 4.78 is 18.0. The van der Waals surface area contributed by atoms with E-state index in [0.29, 0.717) is 31.5 Å². The molecule has 0 spiro atoms. The van der Waals surface area contributed by atoms with Crippen LogP contribution >= 0.6 is 0 Å². The summed E-state index contributed by atoms with van der Waals surface area (Å²) in [5.41, 5.74) is 6.49. The van der Waals surface area contributed by atoms with E-state index in [9.17, 15) is 14.6 Å². The van der Waals surface area contributed by atoms with Crippen molar-refractivity contribution in [3.05, 3.63) is 11.9 Å². The highest BCUT2D eigenvalue weighted by Crippen LogP contribution is 2.22. The van der Waals surface area contributed by atoms with Crippen molar-refractivity contribution in [2.45, 2.75) is 63.7 Å². The van der Waals surface area contributed by atoms with Gasteiger partial charge in [0.05, 0.1) is 12.1 Å². The zero-order valence-electron chi connectivity index (χ0n) is 14.2. The number of hydrazine groups is 1. The highest BCUT2D eigenvalue weighted by atomic mass is 19.1. The molecule has 5 atom stereocenters. The largest absolute Gasteiger partial charge is 0.401 e. The molecule has 0 aromatic heterocycles. The molecule has 136 valence electrons. The molecule has 0 amide bonds. The number of hydrogen-bond acceptors (Lipinski definition) is 7. The molecule has 1 fully saturated rings. The Morgan fingerprint density at radius 2 is 2.13 bits per heavy atom. The van der Waals surface area contributed by atoms with Crippen LogP contribution < -0.4 is 11.6 Å². The molecule has 1 saturated heterocycles. The third-order valence-corrected chi connectivity index (χ3v) is 4.34. The second-order valence-electron chi connectivity index (χ2n) is 6.23. The molecule has 5 unspecified atom stereocenters. The molecule has 7 nitrogen and oxygen atoms in total. The Kier molecular flexibility index (Phi) is 8.21. The predicted octanol–water partition coefficient (Wildman–Crippen LogP) is -0.111. The number of nitrogens with two attached hydrogens (primary N) is 2. The molecule has 0 aromatic rings. The minimum atomic E-state index is -1.17. The van der Waals surface area contributed by atoms with E-state index in [1.54, 1.807) is 6.20 Å². The van der Waals surface area contributed by atoms with Gasteiger partial charge in [-0.15, -0.1) is 0 Å². The lowest BCUT2D eigenvalue weighted by atomic mass is 9.99. The number of aliphatic hydroxyl groups excluding tert-OH is 2. The molecule has 1 aliphatic heterocycles. The first-order chi connectivity index (χ1) is 10.8. The van der Waals surface area contributed by atoms with E-state index >= 15 is 0 Å². The summed E-state index contributed by atoms with van der Waals surface area (Å²) >= 11 is 0. The van der Waals surface area contributed by atoms with E-state index in [4.69, 9.17) is 16.3 Å². The zero-order chi connectivity index (χ0) is 17.6. The van der Waals surface area contributed by atoms with Gasteiger partial charge >= 0.3 is 0 Å². The van der Waals surface area contributed by atoms with Gasteiger partial charge in [-0.1, -0.05) is 6.92 Å². The topological polar surface area (TPSA) is 108 Å². The number of halogens is 1. The Hall–Kier alpha value is -0.930. The maximum Gasteiger partial charge on any atom is 0.182 e. The Balaban J connectivity index is 2.52. The predicted molar refractivity (Wildman–Crippen MR) is 86.6 cm³/mol.